The topological polar surface area (TPSA) is 61.8 Å². The molecule has 2 amide bonds. The van der Waals surface area contributed by atoms with Crippen molar-refractivity contribution in [2.75, 3.05) is 25.6 Å². The predicted molar refractivity (Wildman–Crippen MR) is 98.9 cm³/mol. The lowest BCUT2D eigenvalue weighted by molar-refractivity contribution is 0.115. The molecule has 0 unspecified atom stereocenters. The van der Waals surface area contributed by atoms with Gasteiger partial charge in [0.2, 0.25) is 0 Å². The molecule has 25 heavy (non-hydrogen) atoms. The van der Waals surface area contributed by atoms with Crippen molar-refractivity contribution in [3.05, 3.63) is 48.5 Å². The Bertz CT molecular complexity index is 715. The molecule has 1 saturated heterocycles. The monoisotopic (exact) mass is 340 g/mol. The van der Waals surface area contributed by atoms with E-state index in [1.807, 2.05) is 48.5 Å². The molecule has 0 bridgehead atoms. The minimum atomic E-state index is -0.149. The van der Waals surface area contributed by atoms with Crippen LogP contribution in [0.4, 0.5) is 10.5 Å². The summed E-state index contributed by atoms with van der Waals surface area (Å²) < 4.78 is 5.40. The molecular weight excluding hydrogens is 316 g/mol. The SMILES string of the molecule is COc1ccccc1-c1ccc(NC(=O)N2CCCC[C@H]2CO)cc1. The Kier molecular flexibility index (Phi) is 5.56. The second-order valence-electron chi connectivity index (χ2n) is 6.23. The fraction of sp³-hybridized carbons (Fsp3) is 0.350. The van der Waals surface area contributed by atoms with E-state index in [1.54, 1.807) is 12.0 Å². The van der Waals surface area contributed by atoms with Crippen molar-refractivity contribution in [1.82, 2.24) is 4.90 Å². The van der Waals surface area contributed by atoms with Gasteiger partial charge in [-0.3, -0.25) is 0 Å². The van der Waals surface area contributed by atoms with Gasteiger partial charge in [0, 0.05) is 17.8 Å². The number of rotatable bonds is 4. The number of benzene rings is 2. The van der Waals surface area contributed by atoms with Crippen LogP contribution in [0.15, 0.2) is 48.5 Å². The van der Waals surface area contributed by atoms with E-state index in [1.165, 1.54) is 0 Å². The lowest BCUT2D eigenvalue weighted by Gasteiger charge is -2.34. The van der Waals surface area contributed by atoms with E-state index in [2.05, 4.69) is 5.32 Å². The van der Waals surface area contributed by atoms with Crippen LogP contribution in [0.25, 0.3) is 11.1 Å². The van der Waals surface area contributed by atoms with E-state index in [0.717, 1.165) is 41.8 Å². The first-order valence-electron chi connectivity index (χ1n) is 8.65. The Balaban J connectivity index is 1.71. The van der Waals surface area contributed by atoms with Gasteiger partial charge in [0.1, 0.15) is 5.75 Å². The van der Waals surface area contributed by atoms with E-state index in [9.17, 15) is 9.90 Å². The van der Waals surface area contributed by atoms with Gasteiger partial charge in [-0.2, -0.15) is 0 Å². The molecule has 5 nitrogen and oxygen atoms in total. The molecule has 0 aliphatic carbocycles. The summed E-state index contributed by atoms with van der Waals surface area (Å²) in [5, 5.41) is 12.4. The zero-order valence-electron chi connectivity index (χ0n) is 14.4. The molecule has 3 rings (SSSR count). The number of para-hydroxylation sites is 1. The van der Waals surface area contributed by atoms with Gasteiger partial charge in [0.15, 0.2) is 0 Å². The normalized spacial score (nSPS) is 17.2. The van der Waals surface area contributed by atoms with Gasteiger partial charge >= 0.3 is 6.03 Å². The number of aliphatic hydroxyl groups is 1. The van der Waals surface area contributed by atoms with Crippen molar-refractivity contribution in [2.24, 2.45) is 0 Å². The maximum Gasteiger partial charge on any atom is 0.322 e. The van der Waals surface area contributed by atoms with Crippen molar-refractivity contribution in [2.45, 2.75) is 25.3 Å². The third-order valence-corrected chi connectivity index (χ3v) is 4.65. The number of carbonyl (C=O) groups excluding carboxylic acids is 1. The van der Waals surface area contributed by atoms with Gasteiger partial charge in [-0.25, -0.2) is 4.79 Å². The highest BCUT2D eigenvalue weighted by Crippen LogP contribution is 2.30. The van der Waals surface area contributed by atoms with E-state index in [0.29, 0.717) is 6.54 Å². The summed E-state index contributed by atoms with van der Waals surface area (Å²) in [6.45, 7) is 0.705. The van der Waals surface area contributed by atoms with Crippen LogP contribution in [-0.2, 0) is 0 Å². The third-order valence-electron chi connectivity index (χ3n) is 4.65. The number of amides is 2. The number of anilines is 1. The number of nitrogens with zero attached hydrogens (tertiary/aromatic N) is 1. The predicted octanol–water partition coefficient (Wildman–Crippen LogP) is 3.74. The van der Waals surface area contributed by atoms with Crippen LogP contribution in [0.5, 0.6) is 5.75 Å². The molecule has 2 N–H and O–H groups in total. The summed E-state index contributed by atoms with van der Waals surface area (Å²) in [7, 11) is 1.66. The number of piperidine rings is 1. The molecule has 1 fully saturated rings. The Morgan fingerprint density at radius 2 is 1.96 bits per heavy atom. The highest BCUT2D eigenvalue weighted by molar-refractivity contribution is 5.90. The first-order valence-corrected chi connectivity index (χ1v) is 8.65. The van der Waals surface area contributed by atoms with Crippen LogP contribution in [-0.4, -0.2) is 42.3 Å². The van der Waals surface area contributed by atoms with Crippen LogP contribution in [0.1, 0.15) is 19.3 Å². The largest absolute Gasteiger partial charge is 0.496 e. The number of hydrogen-bond acceptors (Lipinski definition) is 3. The van der Waals surface area contributed by atoms with Crippen molar-refractivity contribution in [1.29, 1.82) is 0 Å². The number of methoxy groups -OCH3 is 1. The number of likely N-dealkylation sites (tertiary alicyclic amines) is 1. The second-order valence-corrected chi connectivity index (χ2v) is 6.23. The lowest BCUT2D eigenvalue weighted by atomic mass is 10.0. The molecule has 0 aromatic heterocycles. The minimum absolute atomic E-state index is 0.0140. The molecule has 1 heterocycles. The standard InChI is InChI=1S/C20H24N2O3/c1-25-19-8-3-2-7-18(19)15-9-11-16(12-10-15)21-20(24)22-13-5-4-6-17(22)14-23/h2-3,7-12,17,23H,4-6,13-14H2,1H3,(H,21,24)/t17-/m0/s1. The Labute approximate surface area is 148 Å². The third kappa shape index (κ3) is 3.94. The van der Waals surface area contributed by atoms with Gasteiger partial charge in [0.25, 0.3) is 0 Å². The molecule has 132 valence electrons. The maximum atomic E-state index is 12.5. The van der Waals surface area contributed by atoms with Crippen molar-refractivity contribution in [3.8, 4) is 16.9 Å². The lowest BCUT2D eigenvalue weighted by Crippen LogP contribution is -2.47. The summed E-state index contributed by atoms with van der Waals surface area (Å²) >= 11 is 0. The van der Waals surface area contributed by atoms with E-state index >= 15 is 0 Å². The average molecular weight is 340 g/mol. The quantitative estimate of drug-likeness (QED) is 0.891. The first-order chi connectivity index (χ1) is 12.2. The molecule has 0 spiro atoms. The number of nitrogens with one attached hydrogen (secondary N) is 1. The molecule has 1 atom stereocenters. The summed E-state index contributed by atoms with van der Waals surface area (Å²) in [4.78, 5) is 14.2. The molecule has 0 saturated carbocycles. The average Bonchev–Trinajstić information content (AvgIpc) is 2.68. The molecule has 5 heteroatoms. The summed E-state index contributed by atoms with van der Waals surface area (Å²) in [6, 6.07) is 15.3. The Morgan fingerprint density at radius 3 is 2.68 bits per heavy atom. The van der Waals surface area contributed by atoms with Crippen LogP contribution in [0, 0.1) is 0 Å². The number of carbonyl (C=O) groups is 1. The highest BCUT2D eigenvalue weighted by atomic mass is 16.5. The number of urea groups is 1. The first kappa shape index (κ1) is 17.3. The highest BCUT2D eigenvalue weighted by Gasteiger charge is 2.25. The number of hydrogen-bond donors (Lipinski definition) is 2. The van der Waals surface area contributed by atoms with Crippen LogP contribution in [0.3, 0.4) is 0 Å². The zero-order chi connectivity index (χ0) is 17.6. The summed E-state index contributed by atoms with van der Waals surface area (Å²) in [5.41, 5.74) is 2.78. The van der Waals surface area contributed by atoms with Gasteiger partial charge in [-0.1, -0.05) is 30.3 Å². The van der Waals surface area contributed by atoms with E-state index in [-0.39, 0.29) is 18.7 Å². The number of ether oxygens (including phenoxy) is 1. The van der Waals surface area contributed by atoms with Gasteiger partial charge in [0.05, 0.1) is 19.8 Å². The number of aliphatic hydroxyl groups excluding tert-OH is 1. The Morgan fingerprint density at radius 1 is 1.20 bits per heavy atom. The van der Waals surface area contributed by atoms with E-state index < -0.39 is 0 Å². The molecule has 1 aliphatic rings. The molecule has 1 aliphatic heterocycles. The van der Waals surface area contributed by atoms with Gasteiger partial charge in [-0.05, 0) is 43.0 Å². The fourth-order valence-electron chi connectivity index (χ4n) is 3.27. The van der Waals surface area contributed by atoms with Crippen LogP contribution in [0.2, 0.25) is 0 Å². The van der Waals surface area contributed by atoms with Crippen LogP contribution >= 0.6 is 0 Å². The zero-order valence-corrected chi connectivity index (χ0v) is 14.4. The van der Waals surface area contributed by atoms with Crippen LogP contribution < -0.4 is 10.1 Å². The minimum Gasteiger partial charge on any atom is -0.496 e. The van der Waals surface area contributed by atoms with E-state index in [4.69, 9.17) is 4.74 Å². The molecule has 0 radical (unpaired) electrons. The van der Waals surface area contributed by atoms with Gasteiger partial charge in [-0.15, -0.1) is 0 Å². The smallest absolute Gasteiger partial charge is 0.322 e. The molecule has 2 aromatic carbocycles. The van der Waals surface area contributed by atoms with Crippen molar-refractivity contribution >= 4 is 11.7 Å². The molecular formula is C20H24N2O3. The van der Waals surface area contributed by atoms with Crippen molar-refractivity contribution < 1.29 is 14.6 Å². The second kappa shape index (κ2) is 8.03. The fourth-order valence-corrected chi connectivity index (χ4v) is 3.27. The summed E-state index contributed by atoms with van der Waals surface area (Å²) in [6.07, 6.45) is 2.90. The molecule has 2 aromatic rings. The maximum absolute atomic E-state index is 12.5. The van der Waals surface area contributed by atoms with Crippen molar-refractivity contribution in [3.63, 3.8) is 0 Å². The van der Waals surface area contributed by atoms with Gasteiger partial charge < -0.3 is 20.1 Å². The Hall–Kier alpha value is -2.53. The summed E-state index contributed by atoms with van der Waals surface area (Å²) in [5.74, 6) is 0.818.